The highest BCUT2D eigenvalue weighted by molar-refractivity contribution is 7.89. The number of aryl methyl sites for hydroxylation is 2. The van der Waals surface area contributed by atoms with Crippen molar-refractivity contribution < 1.29 is 13.2 Å². The van der Waals surface area contributed by atoms with E-state index in [1.54, 1.807) is 27.0 Å². The molecule has 0 unspecified atom stereocenters. The van der Waals surface area contributed by atoms with E-state index in [1.165, 1.54) is 20.5 Å². The van der Waals surface area contributed by atoms with Gasteiger partial charge in [0.2, 0.25) is 15.9 Å². The highest BCUT2D eigenvalue weighted by Gasteiger charge is 2.33. The zero-order valence-electron chi connectivity index (χ0n) is 15.9. The van der Waals surface area contributed by atoms with Crippen LogP contribution in [0.15, 0.2) is 11.0 Å². The molecule has 2 heterocycles. The SMILES string of the molecule is Cc1cc(S(=O)(=O)N2CCN(CC(=O)N(C)C(C)(C)C#N)CC2)c(C)s1. The third-order valence-electron chi connectivity index (χ3n) is 4.79. The molecule has 1 aromatic heterocycles. The normalized spacial score (nSPS) is 17.1. The first-order valence-corrected chi connectivity index (χ1v) is 10.7. The summed E-state index contributed by atoms with van der Waals surface area (Å²) in [4.78, 5) is 17.9. The number of thiophene rings is 1. The van der Waals surface area contributed by atoms with Gasteiger partial charge in [0.1, 0.15) is 5.54 Å². The first-order valence-electron chi connectivity index (χ1n) is 8.46. The number of carbonyl (C=O) groups is 1. The first-order chi connectivity index (χ1) is 12.0. The molecule has 2 rings (SSSR count). The second-order valence-corrected chi connectivity index (χ2v) is 10.4. The van der Waals surface area contributed by atoms with Crippen molar-refractivity contribution in [1.29, 1.82) is 5.26 Å². The van der Waals surface area contributed by atoms with Gasteiger partial charge in [-0.1, -0.05) is 0 Å². The van der Waals surface area contributed by atoms with Crippen LogP contribution in [-0.2, 0) is 14.8 Å². The van der Waals surface area contributed by atoms with Gasteiger partial charge in [0.05, 0.1) is 17.5 Å². The van der Waals surface area contributed by atoms with E-state index in [9.17, 15) is 13.2 Å². The molecule has 1 saturated heterocycles. The van der Waals surface area contributed by atoms with Crippen molar-refractivity contribution >= 4 is 27.3 Å². The highest BCUT2D eigenvalue weighted by atomic mass is 32.2. The molecule has 26 heavy (non-hydrogen) atoms. The van der Waals surface area contributed by atoms with Gasteiger partial charge < -0.3 is 4.90 Å². The molecule has 1 amide bonds. The summed E-state index contributed by atoms with van der Waals surface area (Å²) in [5.41, 5.74) is -0.865. The summed E-state index contributed by atoms with van der Waals surface area (Å²) in [6.07, 6.45) is 0. The van der Waals surface area contributed by atoms with Crippen LogP contribution in [0.25, 0.3) is 0 Å². The predicted molar refractivity (Wildman–Crippen MR) is 101 cm³/mol. The van der Waals surface area contributed by atoms with Crippen molar-refractivity contribution in [2.24, 2.45) is 0 Å². The van der Waals surface area contributed by atoms with Gasteiger partial charge in [0.15, 0.2) is 0 Å². The van der Waals surface area contributed by atoms with E-state index in [0.29, 0.717) is 31.1 Å². The van der Waals surface area contributed by atoms with Crippen LogP contribution in [-0.4, -0.2) is 73.7 Å². The van der Waals surface area contributed by atoms with Crippen LogP contribution in [0.4, 0.5) is 0 Å². The van der Waals surface area contributed by atoms with Gasteiger partial charge in [-0.2, -0.15) is 9.57 Å². The minimum Gasteiger partial charge on any atom is -0.326 e. The van der Waals surface area contributed by atoms with Crippen molar-refractivity contribution in [3.63, 3.8) is 0 Å². The summed E-state index contributed by atoms with van der Waals surface area (Å²) in [6, 6.07) is 3.84. The molecule has 9 heteroatoms. The number of sulfonamides is 1. The number of carbonyl (C=O) groups excluding carboxylic acids is 1. The molecule has 0 aromatic carbocycles. The van der Waals surface area contributed by atoms with Crippen molar-refractivity contribution in [1.82, 2.24) is 14.1 Å². The number of hydrogen-bond acceptors (Lipinski definition) is 6. The topological polar surface area (TPSA) is 84.7 Å². The maximum atomic E-state index is 12.8. The van der Waals surface area contributed by atoms with Crippen LogP contribution in [0.2, 0.25) is 0 Å². The number of nitrogens with zero attached hydrogens (tertiary/aromatic N) is 4. The Bertz CT molecular complexity index is 816. The molecule has 0 N–H and O–H groups in total. The smallest absolute Gasteiger partial charge is 0.244 e. The molecule has 7 nitrogen and oxygen atoms in total. The van der Waals surface area contributed by atoms with Gasteiger partial charge >= 0.3 is 0 Å². The Morgan fingerprint density at radius 3 is 2.35 bits per heavy atom. The van der Waals surface area contributed by atoms with Crippen LogP contribution in [0.3, 0.4) is 0 Å². The number of piperazine rings is 1. The minimum absolute atomic E-state index is 0.142. The fourth-order valence-electron chi connectivity index (χ4n) is 2.81. The van der Waals surface area contributed by atoms with E-state index in [0.717, 1.165) is 9.75 Å². The summed E-state index contributed by atoms with van der Waals surface area (Å²) in [6.45, 7) is 9.01. The zero-order valence-corrected chi connectivity index (χ0v) is 17.6. The molecule has 0 atom stereocenters. The molecule has 0 bridgehead atoms. The summed E-state index contributed by atoms with van der Waals surface area (Å²) in [5.74, 6) is -0.142. The summed E-state index contributed by atoms with van der Waals surface area (Å²) < 4.78 is 27.2. The molecule has 0 saturated carbocycles. The fourth-order valence-corrected chi connectivity index (χ4v) is 5.76. The summed E-state index contributed by atoms with van der Waals surface area (Å²) in [5, 5.41) is 9.15. The second-order valence-electron chi connectivity index (χ2n) is 7.08. The van der Waals surface area contributed by atoms with Crippen molar-refractivity contribution in [2.75, 3.05) is 39.8 Å². The number of hydrogen-bond donors (Lipinski definition) is 0. The molecular weight excluding hydrogens is 372 g/mol. The van der Waals surface area contributed by atoms with Crippen molar-refractivity contribution in [3.8, 4) is 6.07 Å². The summed E-state index contributed by atoms with van der Waals surface area (Å²) in [7, 11) is -1.87. The van der Waals surface area contributed by atoms with Crippen LogP contribution in [0.5, 0.6) is 0 Å². The van der Waals surface area contributed by atoms with E-state index < -0.39 is 15.6 Å². The second kappa shape index (κ2) is 7.64. The van der Waals surface area contributed by atoms with E-state index in [4.69, 9.17) is 5.26 Å². The van der Waals surface area contributed by atoms with Gasteiger partial charge in [0, 0.05) is 43.0 Å². The lowest BCUT2D eigenvalue weighted by Crippen LogP contribution is -2.53. The molecule has 1 aliphatic rings. The lowest BCUT2D eigenvalue weighted by molar-refractivity contribution is -0.134. The minimum atomic E-state index is -3.49. The van der Waals surface area contributed by atoms with Crippen LogP contribution in [0.1, 0.15) is 23.6 Å². The van der Waals surface area contributed by atoms with Gasteiger partial charge in [-0.25, -0.2) is 8.42 Å². The number of amides is 1. The third kappa shape index (κ3) is 4.26. The van der Waals surface area contributed by atoms with E-state index in [-0.39, 0.29) is 12.5 Å². The monoisotopic (exact) mass is 398 g/mol. The van der Waals surface area contributed by atoms with E-state index in [2.05, 4.69) is 6.07 Å². The Kier molecular flexibility index (Phi) is 6.13. The Morgan fingerprint density at radius 2 is 1.88 bits per heavy atom. The van der Waals surface area contributed by atoms with E-state index >= 15 is 0 Å². The zero-order chi connectivity index (χ0) is 19.7. The van der Waals surface area contributed by atoms with Gasteiger partial charge in [0.25, 0.3) is 0 Å². The fraction of sp³-hybridized carbons (Fsp3) is 0.647. The van der Waals surface area contributed by atoms with Gasteiger partial charge in [-0.15, -0.1) is 11.3 Å². The predicted octanol–water partition coefficient (Wildman–Crippen LogP) is 1.43. The molecule has 1 aliphatic heterocycles. The van der Waals surface area contributed by atoms with Crippen LogP contribution in [0, 0.1) is 25.2 Å². The quantitative estimate of drug-likeness (QED) is 0.749. The van der Waals surface area contributed by atoms with Gasteiger partial charge in [-0.05, 0) is 33.8 Å². The highest BCUT2D eigenvalue weighted by Crippen LogP contribution is 2.28. The van der Waals surface area contributed by atoms with Crippen molar-refractivity contribution in [3.05, 3.63) is 15.8 Å². The van der Waals surface area contributed by atoms with Crippen molar-refractivity contribution in [2.45, 2.75) is 38.1 Å². The first kappa shape index (κ1) is 20.8. The number of likely N-dealkylation sites (N-methyl/N-ethyl adjacent to an activating group) is 1. The molecule has 1 aromatic rings. The van der Waals surface area contributed by atoms with Crippen LogP contribution < -0.4 is 0 Å². The molecule has 0 radical (unpaired) electrons. The maximum absolute atomic E-state index is 12.8. The molecule has 0 spiro atoms. The molecule has 1 fully saturated rings. The Labute approximate surface area is 159 Å². The Morgan fingerprint density at radius 1 is 1.31 bits per heavy atom. The lowest BCUT2D eigenvalue weighted by atomic mass is 10.1. The summed E-state index contributed by atoms with van der Waals surface area (Å²) >= 11 is 1.48. The Hall–Kier alpha value is -1.47. The average molecular weight is 399 g/mol. The lowest BCUT2D eigenvalue weighted by Gasteiger charge is -2.36. The molecule has 144 valence electrons. The molecule has 0 aliphatic carbocycles. The largest absolute Gasteiger partial charge is 0.326 e. The maximum Gasteiger partial charge on any atom is 0.244 e. The Balaban J connectivity index is 1.98. The molecular formula is C17H26N4O3S2. The van der Waals surface area contributed by atoms with E-state index in [1.807, 2.05) is 18.7 Å². The number of rotatable bonds is 5. The average Bonchev–Trinajstić information content (AvgIpc) is 2.93. The standard InChI is InChI=1S/C17H26N4O3S2/c1-13-10-15(14(2)25-13)26(23,24)21-8-6-20(7-9-21)11-16(22)19(5)17(3,4)12-18/h10H,6-9,11H2,1-5H3. The third-order valence-corrected chi connectivity index (χ3v) is 7.91. The number of nitriles is 1. The van der Waals surface area contributed by atoms with Crippen LogP contribution >= 0.6 is 11.3 Å². The van der Waals surface area contributed by atoms with Gasteiger partial charge in [-0.3, -0.25) is 9.69 Å².